The predicted molar refractivity (Wildman–Crippen MR) is 67.1 cm³/mol. The summed E-state index contributed by atoms with van der Waals surface area (Å²) in [7, 11) is 1.88. The fourth-order valence-corrected chi connectivity index (χ4v) is 1.73. The summed E-state index contributed by atoms with van der Waals surface area (Å²) in [4.78, 5) is 8.20. The fraction of sp³-hybridized carbons (Fsp3) is 0.364. The molecule has 2 aromatic heterocycles. The lowest BCUT2D eigenvalue weighted by atomic mass is 10.2. The van der Waals surface area contributed by atoms with E-state index in [0.29, 0.717) is 5.82 Å². The van der Waals surface area contributed by atoms with Gasteiger partial charge in [-0.15, -0.1) is 0 Å². The third-order valence-electron chi connectivity index (χ3n) is 2.60. The maximum Gasteiger partial charge on any atom is 0.139 e. The van der Waals surface area contributed by atoms with Crippen LogP contribution in [-0.2, 0) is 13.5 Å². The molecule has 17 heavy (non-hydrogen) atoms. The summed E-state index contributed by atoms with van der Waals surface area (Å²) in [6.07, 6.45) is 4.16. The molecule has 0 atom stereocenters. The topological polar surface area (TPSA) is 81.6 Å². The highest BCUT2D eigenvalue weighted by Gasteiger charge is 2.10. The molecule has 0 saturated carbocycles. The van der Waals surface area contributed by atoms with Gasteiger partial charge in [-0.3, -0.25) is 4.68 Å². The Morgan fingerprint density at radius 2 is 2.18 bits per heavy atom. The average Bonchev–Trinajstić information content (AvgIpc) is 2.58. The molecule has 90 valence electrons. The molecule has 2 rings (SSSR count). The number of aryl methyl sites for hydroxylation is 2. The Bertz CT molecular complexity index is 531. The van der Waals surface area contributed by atoms with Gasteiger partial charge in [-0.05, 0) is 13.3 Å². The summed E-state index contributed by atoms with van der Waals surface area (Å²) in [5.41, 5.74) is 8.60. The van der Waals surface area contributed by atoms with Crippen LogP contribution >= 0.6 is 0 Å². The van der Waals surface area contributed by atoms with E-state index < -0.39 is 0 Å². The minimum atomic E-state index is 0.520. The van der Waals surface area contributed by atoms with Crippen LogP contribution in [0.3, 0.4) is 0 Å². The Kier molecular flexibility index (Phi) is 2.95. The number of nitrogens with one attached hydrogen (secondary N) is 1. The first kappa shape index (κ1) is 11.4. The number of nitrogen functional groups attached to an aromatic ring is 1. The summed E-state index contributed by atoms with van der Waals surface area (Å²) >= 11 is 0. The third-order valence-corrected chi connectivity index (χ3v) is 2.60. The molecule has 6 heteroatoms. The van der Waals surface area contributed by atoms with Crippen LogP contribution < -0.4 is 11.1 Å². The molecule has 0 aromatic carbocycles. The lowest BCUT2D eigenvalue weighted by molar-refractivity contribution is 0.756. The molecule has 3 N–H and O–H groups in total. The van der Waals surface area contributed by atoms with Gasteiger partial charge >= 0.3 is 0 Å². The van der Waals surface area contributed by atoms with Gasteiger partial charge in [0.05, 0.1) is 11.4 Å². The standard InChI is InChI=1S/C11H16N6/c1-4-8-10(12)13-6-14-11(8)15-9-5-17(3)16-7(9)2/h5-6H,4H2,1-3H3,(H3,12,13,14,15). The number of nitrogens with zero attached hydrogens (tertiary/aromatic N) is 4. The van der Waals surface area contributed by atoms with Crippen LogP contribution in [0.25, 0.3) is 0 Å². The third kappa shape index (κ3) is 2.20. The van der Waals surface area contributed by atoms with Crippen LogP contribution in [0.4, 0.5) is 17.3 Å². The van der Waals surface area contributed by atoms with Gasteiger partial charge in [-0.1, -0.05) is 6.92 Å². The van der Waals surface area contributed by atoms with E-state index in [1.54, 1.807) is 4.68 Å². The second-order valence-electron chi connectivity index (χ2n) is 3.87. The molecular formula is C11H16N6. The van der Waals surface area contributed by atoms with Crippen molar-refractivity contribution in [2.24, 2.45) is 7.05 Å². The second kappa shape index (κ2) is 4.40. The Morgan fingerprint density at radius 3 is 2.76 bits per heavy atom. The summed E-state index contributed by atoms with van der Waals surface area (Å²) < 4.78 is 1.76. The highest BCUT2D eigenvalue weighted by atomic mass is 15.3. The van der Waals surface area contributed by atoms with E-state index in [0.717, 1.165) is 29.2 Å². The van der Waals surface area contributed by atoms with Crippen LogP contribution in [0, 0.1) is 6.92 Å². The molecule has 0 saturated heterocycles. The van der Waals surface area contributed by atoms with Crippen molar-refractivity contribution in [3.05, 3.63) is 23.8 Å². The predicted octanol–water partition coefficient (Wildman–Crippen LogP) is 1.41. The van der Waals surface area contributed by atoms with Gasteiger partial charge in [0.2, 0.25) is 0 Å². The molecular weight excluding hydrogens is 216 g/mol. The van der Waals surface area contributed by atoms with Crippen molar-refractivity contribution in [3.63, 3.8) is 0 Å². The number of hydrogen-bond donors (Lipinski definition) is 2. The average molecular weight is 232 g/mol. The quantitative estimate of drug-likeness (QED) is 0.836. The van der Waals surface area contributed by atoms with Gasteiger partial charge in [0.25, 0.3) is 0 Å². The van der Waals surface area contributed by atoms with E-state index in [-0.39, 0.29) is 0 Å². The van der Waals surface area contributed by atoms with Gasteiger partial charge in [-0.25, -0.2) is 9.97 Å². The molecule has 0 aliphatic carbocycles. The molecule has 0 aliphatic heterocycles. The van der Waals surface area contributed by atoms with Crippen LogP contribution in [-0.4, -0.2) is 19.7 Å². The monoisotopic (exact) mass is 232 g/mol. The number of nitrogens with two attached hydrogens (primary N) is 1. The first-order valence-corrected chi connectivity index (χ1v) is 5.48. The van der Waals surface area contributed by atoms with Crippen molar-refractivity contribution in [2.75, 3.05) is 11.1 Å². The highest BCUT2D eigenvalue weighted by Crippen LogP contribution is 2.23. The Labute approximate surface area is 99.9 Å². The normalized spacial score (nSPS) is 10.5. The molecule has 2 aromatic rings. The fourth-order valence-electron chi connectivity index (χ4n) is 1.73. The zero-order chi connectivity index (χ0) is 12.4. The van der Waals surface area contributed by atoms with Crippen LogP contribution in [0.2, 0.25) is 0 Å². The van der Waals surface area contributed by atoms with Crippen LogP contribution in [0.15, 0.2) is 12.5 Å². The molecule has 0 radical (unpaired) electrons. The molecule has 0 spiro atoms. The molecule has 0 aliphatic rings. The van der Waals surface area contributed by atoms with Gasteiger partial charge in [-0.2, -0.15) is 5.10 Å². The molecule has 0 bridgehead atoms. The number of hydrogen-bond acceptors (Lipinski definition) is 5. The van der Waals surface area contributed by atoms with Gasteiger partial charge in [0.1, 0.15) is 18.0 Å². The van der Waals surface area contributed by atoms with E-state index in [4.69, 9.17) is 5.73 Å². The minimum Gasteiger partial charge on any atom is -0.383 e. The Morgan fingerprint density at radius 1 is 1.41 bits per heavy atom. The lowest BCUT2D eigenvalue weighted by Gasteiger charge is -2.09. The number of anilines is 3. The Hall–Kier alpha value is -2.11. The van der Waals surface area contributed by atoms with Crippen molar-refractivity contribution in [1.82, 2.24) is 19.7 Å². The number of aromatic nitrogens is 4. The summed E-state index contributed by atoms with van der Waals surface area (Å²) in [6, 6.07) is 0. The minimum absolute atomic E-state index is 0.520. The zero-order valence-corrected chi connectivity index (χ0v) is 10.2. The summed E-state index contributed by atoms with van der Waals surface area (Å²) in [5, 5.41) is 7.50. The summed E-state index contributed by atoms with van der Waals surface area (Å²) in [6.45, 7) is 3.97. The van der Waals surface area contributed by atoms with E-state index in [2.05, 4.69) is 20.4 Å². The van der Waals surface area contributed by atoms with Crippen LogP contribution in [0.5, 0.6) is 0 Å². The molecule has 0 amide bonds. The first-order valence-electron chi connectivity index (χ1n) is 5.48. The molecule has 2 heterocycles. The maximum atomic E-state index is 5.82. The van der Waals surface area contributed by atoms with E-state index in [1.807, 2.05) is 27.1 Å². The van der Waals surface area contributed by atoms with Gasteiger partial charge in [0, 0.05) is 18.8 Å². The molecule has 6 nitrogen and oxygen atoms in total. The maximum absolute atomic E-state index is 5.82. The van der Waals surface area contributed by atoms with Gasteiger partial charge in [0.15, 0.2) is 0 Å². The van der Waals surface area contributed by atoms with Crippen molar-refractivity contribution >= 4 is 17.3 Å². The lowest BCUT2D eigenvalue weighted by Crippen LogP contribution is -2.04. The van der Waals surface area contributed by atoms with Crippen molar-refractivity contribution < 1.29 is 0 Å². The van der Waals surface area contributed by atoms with Gasteiger partial charge < -0.3 is 11.1 Å². The van der Waals surface area contributed by atoms with E-state index in [9.17, 15) is 0 Å². The highest BCUT2D eigenvalue weighted by molar-refractivity contribution is 5.64. The first-order chi connectivity index (χ1) is 8.11. The molecule has 0 fully saturated rings. The molecule has 0 unspecified atom stereocenters. The zero-order valence-electron chi connectivity index (χ0n) is 10.2. The van der Waals surface area contributed by atoms with E-state index >= 15 is 0 Å². The summed E-state index contributed by atoms with van der Waals surface area (Å²) in [5.74, 6) is 1.27. The van der Waals surface area contributed by atoms with Crippen LogP contribution in [0.1, 0.15) is 18.2 Å². The second-order valence-corrected chi connectivity index (χ2v) is 3.87. The van der Waals surface area contributed by atoms with Crippen molar-refractivity contribution in [2.45, 2.75) is 20.3 Å². The van der Waals surface area contributed by atoms with E-state index in [1.165, 1.54) is 6.33 Å². The smallest absolute Gasteiger partial charge is 0.139 e. The largest absolute Gasteiger partial charge is 0.383 e. The van der Waals surface area contributed by atoms with Crippen molar-refractivity contribution in [1.29, 1.82) is 0 Å². The SMILES string of the molecule is CCc1c(N)ncnc1Nc1cn(C)nc1C. The van der Waals surface area contributed by atoms with Crippen molar-refractivity contribution in [3.8, 4) is 0 Å². The number of rotatable bonds is 3. The Balaban J connectivity index is 2.36.